The zero-order chi connectivity index (χ0) is 19.8. The van der Waals surface area contributed by atoms with Gasteiger partial charge in [-0.05, 0) is 35.4 Å². The summed E-state index contributed by atoms with van der Waals surface area (Å²) in [4.78, 5) is 21.2. The highest BCUT2D eigenvalue weighted by atomic mass is 35.5. The van der Waals surface area contributed by atoms with Crippen LogP contribution in [0.1, 0.15) is 11.1 Å². The molecular weight excluding hydrogens is 378 g/mol. The number of amides is 1. The summed E-state index contributed by atoms with van der Waals surface area (Å²) in [5.74, 6) is 0.680. The van der Waals surface area contributed by atoms with Crippen LogP contribution in [0.4, 0.5) is 10.5 Å². The van der Waals surface area contributed by atoms with Crippen LogP contribution in [0.15, 0.2) is 41.5 Å². The molecule has 27 heavy (non-hydrogen) atoms. The maximum atomic E-state index is 11.0. The minimum absolute atomic E-state index is 0.00133. The summed E-state index contributed by atoms with van der Waals surface area (Å²) in [6.45, 7) is 0.144. The molecule has 2 aromatic rings. The summed E-state index contributed by atoms with van der Waals surface area (Å²) >= 11 is 6.25. The van der Waals surface area contributed by atoms with Crippen LogP contribution in [0.2, 0.25) is 5.02 Å². The molecule has 0 spiro atoms. The van der Waals surface area contributed by atoms with Crippen molar-refractivity contribution in [1.82, 2.24) is 5.43 Å². The molecule has 2 aromatic carbocycles. The van der Waals surface area contributed by atoms with Crippen molar-refractivity contribution in [3.63, 3.8) is 0 Å². The van der Waals surface area contributed by atoms with E-state index in [1.54, 1.807) is 24.3 Å². The smallest absolute Gasteiger partial charge is 0.427 e. The summed E-state index contributed by atoms with van der Waals surface area (Å²) < 4.78 is 15.4. The maximum absolute atomic E-state index is 11.0. The van der Waals surface area contributed by atoms with Crippen molar-refractivity contribution < 1.29 is 23.9 Å². The Morgan fingerprint density at radius 1 is 1.30 bits per heavy atom. The quantitative estimate of drug-likeness (QED) is 0.437. The molecule has 0 radical (unpaired) electrons. The second-order valence-corrected chi connectivity index (χ2v) is 5.52. The Hall–Kier alpha value is -3.33. The molecule has 0 saturated carbocycles. The molecule has 1 amide bonds. The van der Waals surface area contributed by atoms with Gasteiger partial charge >= 0.3 is 6.09 Å². The minimum atomic E-state index is -0.702. The number of non-ortho nitro benzene ring substituents is 1. The van der Waals surface area contributed by atoms with Crippen LogP contribution in [0, 0.1) is 10.1 Å². The van der Waals surface area contributed by atoms with Gasteiger partial charge in [-0.1, -0.05) is 11.6 Å². The Morgan fingerprint density at radius 3 is 2.59 bits per heavy atom. The average molecular weight is 394 g/mol. The number of carbonyl (C=O) groups excluding carboxylic acids is 1. The van der Waals surface area contributed by atoms with Gasteiger partial charge in [-0.15, -0.1) is 0 Å². The molecule has 0 aliphatic heterocycles. The zero-order valence-electron chi connectivity index (χ0n) is 14.5. The highest BCUT2D eigenvalue weighted by Gasteiger charge is 2.12. The summed E-state index contributed by atoms with van der Waals surface area (Å²) in [6.07, 6.45) is 0.665. The number of hydrogen-bond acceptors (Lipinski definition) is 7. The van der Waals surface area contributed by atoms with E-state index in [-0.39, 0.29) is 17.3 Å². The van der Waals surface area contributed by atoms with Crippen molar-refractivity contribution in [2.75, 3.05) is 14.2 Å². The number of carbonyl (C=O) groups is 1. The van der Waals surface area contributed by atoms with E-state index >= 15 is 0 Å². The Balaban J connectivity index is 2.12. The third-order valence-electron chi connectivity index (χ3n) is 3.34. The Bertz CT molecular complexity index is 854. The molecule has 9 nitrogen and oxygen atoms in total. The van der Waals surface area contributed by atoms with E-state index in [0.29, 0.717) is 17.1 Å². The number of methoxy groups -OCH3 is 2. The van der Waals surface area contributed by atoms with Crippen molar-refractivity contribution in [1.29, 1.82) is 0 Å². The lowest BCUT2D eigenvalue weighted by molar-refractivity contribution is -0.384. The van der Waals surface area contributed by atoms with Crippen LogP contribution >= 0.6 is 11.6 Å². The van der Waals surface area contributed by atoms with E-state index in [9.17, 15) is 14.9 Å². The number of ether oxygens (including phenoxy) is 3. The average Bonchev–Trinajstić information content (AvgIpc) is 2.66. The Labute approximate surface area is 159 Å². The van der Waals surface area contributed by atoms with Gasteiger partial charge in [0, 0.05) is 12.1 Å². The number of halogens is 1. The largest absolute Gasteiger partial charge is 0.493 e. The highest BCUT2D eigenvalue weighted by molar-refractivity contribution is 6.32. The molecule has 0 atom stereocenters. The number of benzene rings is 2. The number of nitro groups is 1. The van der Waals surface area contributed by atoms with E-state index < -0.39 is 11.0 Å². The van der Waals surface area contributed by atoms with Gasteiger partial charge in [0.25, 0.3) is 5.69 Å². The zero-order valence-corrected chi connectivity index (χ0v) is 15.2. The fraction of sp³-hybridized carbons (Fsp3) is 0.176. The molecule has 0 aliphatic rings. The van der Waals surface area contributed by atoms with Gasteiger partial charge in [0.2, 0.25) is 0 Å². The number of hydrazone groups is 1. The van der Waals surface area contributed by atoms with Crippen molar-refractivity contribution in [2.45, 2.75) is 6.61 Å². The summed E-state index contributed by atoms with van der Waals surface area (Å²) in [5, 5.41) is 14.7. The van der Waals surface area contributed by atoms with E-state index in [2.05, 4.69) is 15.3 Å². The first-order valence-electron chi connectivity index (χ1n) is 7.55. The molecule has 0 fully saturated rings. The predicted octanol–water partition coefficient (Wildman–Crippen LogP) is 3.53. The summed E-state index contributed by atoms with van der Waals surface area (Å²) in [6, 6.07) is 9.18. The Morgan fingerprint density at radius 2 is 2.00 bits per heavy atom. The van der Waals surface area contributed by atoms with E-state index in [0.717, 1.165) is 5.56 Å². The lowest BCUT2D eigenvalue weighted by Gasteiger charge is -2.13. The number of nitrogens with one attached hydrogen (secondary N) is 1. The normalized spacial score (nSPS) is 10.5. The SMILES string of the molecule is COC(=O)N/N=C\c1cc(Cl)c(OCc2ccc([N+](=O)[O-])cc2)c(OC)c1. The number of nitrogens with zero attached hydrogens (tertiary/aromatic N) is 2. The number of nitro benzene ring substituents is 1. The van der Waals surface area contributed by atoms with E-state index in [1.807, 2.05) is 0 Å². The van der Waals surface area contributed by atoms with Gasteiger partial charge in [0.1, 0.15) is 6.61 Å². The van der Waals surface area contributed by atoms with E-state index in [1.165, 1.54) is 32.6 Å². The molecule has 0 heterocycles. The van der Waals surface area contributed by atoms with Crippen molar-refractivity contribution in [3.8, 4) is 11.5 Å². The van der Waals surface area contributed by atoms with Crippen LogP contribution in [0.3, 0.4) is 0 Å². The Kier molecular flexibility index (Phi) is 6.95. The molecule has 0 unspecified atom stereocenters. The third kappa shape index (κ3) is 5.58. The van der Waals surface area contributed by atoms with Gasteiger partial charge in [-0.25, -0.2) is 10.2 Å². The molecule has 0 saturated heterocycles. The van der Waals surface area contributed by atoms with Gasteiger partial charge in [-0.3, -0.25) is 10.1 Å². The van der Waals surface area contributed by atoms with Crippen LogP contribution in [0.5, 0.6) is 11.5 Å². The van der Waals surface area contributed by atoms with Crippen molar-refractivity contribution >= 4 is 29.6 Å². The highest BCUT2D eigenvalue weighted by Crippen LogP contribution is 2.36. The van der Waals surface area contributed by atoms with Crippen LogP contribution in [-0.2, 0) is 11.3 Å². The first-order chi connectivity index (χ1) is 12.9. The van der Waals surface area contributed by atoms with Crippen molar-refractivity contribution in [3.05, 3.63) is 62.7 Å². The lowest BCUT2D eigenvalue weighted by Crippen LogP contribution is -2.16. The minimum Gasteiger partial charge on any atom is -0.493 e. The van der Waals surface area contributed by atoms with Crippen molar-refractivity contribution in [2.24, 2.45) is 5.10 Å². The monoisotopic (exact) mass is 393 g/mol. The molecule has 0 aromatic heterocycles. The molecule has 10 heteroatoms. The fourth-order valence-corrected chi connectivity index (χ4v) is 2.30. The third-order valence-corrected chi connectivity index (χ3v) is 3.62. The van der Waals surface area contributed by atoms with E-state index in [4.69, 9.17) is 21.1 Å². The number of hydrogen-bond donors (Lipinski definition) is 1. The molecule has 1 N–H and O–H groups in total. The summed E-state index contributed by atoms with van der Waals surface area (Å²) in [5.41, 5.74) is 3.45. The van der Waals surface area contributed by atoms with Crippen LogP contribution in [0.25, 0.3) is 0 Å². The van der Waals surface area contributed by atoms with Crippen LogP contribution < -0.4 is 14.9 Å². The molecule has 2 rings (SSSR count). The predicted molar refractivity (Wildman–Crippen MR) is 98.6 cm³/mol. The lowest BCUT2D eigenvalue weighted by atomic mass is 10.2. The standard InChI is InChI=1S/C17H16ClN3O6/c1-25-15-8-12(9-19-20-17(22)26-2)7-14(18)16(15)27-10-11-3-5-13(6-4-11)21(23)24/h3-9H,10H2,1-2H3,(H,20,22)/b19-9-. The second-order valence-electron chi connectivity index (χ2n) is 5.11. The van der Waals surface area contributed by atoms with Crippen LogP contribution in [-0.4, -0.2) is 31.5 Å². The second kappa shape index (κ2) is 9.39. The van der Waals surface area contributed by atoms with Gasteiger partial charge in [0.15, 0.2) is 11.5 Å². The maximum Gasteiger partial charge on any atom is 0.427 e. The van der Waals surface area contributed by atoms with Gasteiger partial charge < -0.3 is 14.2 Å². The molecule has 0 bridgehead atoms. The first kappa shape index (κ1) is 20.0. The molecule has 142 valence electrons. The summed E-state index contributed by atoms with van der Waals surface area (Å²) in [7, 11) is 2.68. The fourth-order valence-electron chi connectivity index (χ4n) is 2.03. The van der Waals surface area contributed by atoms with Gasteiger partial charge in [-0.2, -0.15) is 5.10 Å². The first-order valence-corrected chi connectivity index (χ1v) is 7.93. The van der Waals surface area contributed by atoms with Gasteiger partial charge in [0.05, 0.1) is 30.4 Å². The molecule has 0 aliphatic carbocycles. The topological polar surface area (TPSA) is 112 Å². The number of rotatable bonds is 7. The molecular formula is C17H16ClN3O6.